The number of amides is 1. The van der Waals surface area contributed by atoms with Crippen molar-refractivity contribution in [1.82, 2.24) is 24.6 Å². The number of aryl methyl sites for hydroxylation is 1. The van der Waals surface area contributed by atoms with Crippen molar-refractivity contribution in [2.75, 3.05) is 7.05 Å². The van der Waals surface area contributed by atoms with Crippen LogP contribution < -0.4 is 0 Å². The van der Waals surface area contributed by atoms with Crippen LogP contribution in [0.5, 0.6) is 0 Å². The molecule has 1 amide bonds. The van der Waals surface area contributed by atoms with E-state index in [2.05, 4.69) is 15.2 Å². The third kappa shape index (κ3) is 3.11. The van der Waals surface area contributed by atoms with E-state index in [9.17, 15) is 4.79 Å². The van der Waals surface area contributed by atoms with Gasteiger partial charge in [0, 0.05) is 7.05 Å². The number of carbonyl (C=O) groups is 1. The van der Waals surface area contributed by atoms with Crippen LogP contribution in [0.1, 0.15) is 27.7 Å². The SMILES string of the molecule is Cc1ccc(CN(C)C(=O)c2cc(Cn3cnc4ccccc43)[nH]n2)o1. The lowest BCUT2D eigenvalue weighted by Crippen LogP contribution is -2.26. The minimum absolute atomic E-state index is 0.156. The number of fused-ring (bicyclic) bond motifs is 1. The topological polar surface area (TPSA) is 80.0 Å². The summed E-state index contributed by atoms with van der Waals surface area (Å²) in [5.74, 6) is 1.42. The maximum absolute atomic E-state index is 12.6. The van der Waals surface area contributed by atoms with E-state index in [0.29, 0.717) is 18.8 Å². The van der Waals surface area contributed by atoms with Gasteiger partial charge in [0.25, 0.3) is 5.91 Å². The quantitative estimate of drug-likeness (QED) is 0.601. The highest BCUT2D eigenvalue weighted by Gasteiger charge is 2.17. The number of aromatic amines is 1. The van der Waals surface area contributed by atoms with Gasteiger partial charge in [0.2, 0.25) is 0 Å². The zero-order valence-corrected chi connectivity index (χ0v) is 14.6. The highest BCUT2D eigenvalue weighted by molar-refractivity contribution is 5.92. The van der Waals surface area contributed by atoms with Gasteiger partial charge >= 0.3 is 0 Å². The first-order valence-corrected chi connectivity index (χ1v) is 8.35. The van der Waals surface area contributed by atoms with Gasteiger partial charge in [0.05, 0.1) is 36.1 Å². The summed E-state index contributed by atoms with van der Waals surface area (Å²) in [6.07, 6.45) is 1.79. The monoisotopic (exact) mass is 349 g/mol. The van der Waals surface area contributed by atoms with Crippen LogP contribution in [0.3, 0.4) is 0 Å². The van der Waals surface area contributed by atoms with E-state index in [0.717, 1.165) is 28.2 Å². The number of aromatic nitrogens is 4. The molecule has 1 aromatic carbocycles. The lowest BCUT2D eigenvalue weighted by atomic mass is 10.3. The largest absolute Gasteiger partial charge is 0.464 e. The Bertz CT molecular complexity index is 1060. The van der Waals surface area contributed by atoms with Crippen molar-refractivity contribution in [2.45, 2.75) is 20.0 Å². The van der Waals surface area contributed by atoms with Gasteiger partial charge in [-0.1, -0.05) is 12.1 Å². The summed E-state index contributed by atoms with van der Waals surface area (Å²) in [5.41, 5.74) is 3.21. The minimum atomic E-state index is -0.156. The van der Waals surface area contributed by atoms with E-state index in [-0.39, 0.29) is 5.91 Å². The number of para-hydroxylation sites is 2. The van der Waals surface area contributed by atoms with Crippen LogP contribution in [-0.2, 0) is 13.1 Å². The lowest BCUT2D eigenvalue weighted by Gasteiger charge is -2.13. The molecule has 0 aliphatic rings. The van der Waals surface area contributed by atoms with E-state index >= 15 is 0 Å². The van der Waals surface area contributed by atoms with Crippen molar-refractivity contribution in [1.29, 1.82) is 0 Å². The minimum Gasteiger partial charge on any atom is -0.464 e. The summed E-state index contributed by atoms with van der Waals surface area (Å²) in [7, 11) is 1.73. The molecule has 0 bridgehead atoms. The molecule has 3 aromatic heterocycles. The third-order valence-electron chi connectivity index (χ3n) is 4.25. The van der Waals surface area contributed by atoms with Crippen molar-refractivity contribution >= 4 is 16.9 Å². The van der Waals surface area contributed by atoms with Crippen molar-refractivity contribution in [3.05, 3.63) is 71.7 Å². The van der Waals surface area contributed by atoms with Crippen molar-refractivity contribution in [3.63, 3.8) is 0 Å². The molecule has 0 spiro atoms. The molecule has 0 saturated carbocycles. The highest BCUT2D eigenvalue weighted by atomic mass is 16.3. The molecule has 0 aliphatic heterocycles. The van der Waals surface area contributed by atoms with Gasteiger partial charge < -0.3 is 13.9 Å². The molecule has 0 fully saturated rings. The number of nitrogens with one attached hydrogen (secondary N) is 1. The third-order valence-corrected chi connectivity index (χ3v) is 4.25. The van der Waals surface area contributed by atoms with Crippen LogP contribution >= 0.6 is 0 Å². The van der Waals surface area contributed by atoms with Crippen LogP contribution in [0.25, 0.3) is 11.0 Å². The second-order valence-electron chi connectivity index (χ2n) is 6.31. The molecule has 0 radical (unpaired) electrons. The van der Waals surface area contributed by atoms with Gasteiger partial charge in [-0.05, 0) is 37.3 Å². The first-order chi connectivity index (χ1) is 12.6. The predicted octanol–water partition coefficient (Wildman–Crippen LogP) is 2.98. The van der Waals surface area contributed by atoms with E-state index in [1.54, 1.807) is 24.3 Å². The lowest BCUT2D eigenvalue weighted by molar-refractivity contribution is 0.0769. The van der Waals surface area contributed by atoms with E-state index < -0.39 is 0 Å². The molecule has 4 rings (SSSR count). The molecule has 26 heavy (non-hydrogen) atoms. The summed E-state index contributed by atoms with van der Waals surface area (Å²) in [4.78, 5) is 18.5. The molecule has 1 N–H and O–H groups in total. The smallest absolute Gasteiger partial charge is 0.274 e. The fourth-order valence-electron chi connectivity index (χ4n) is 2.94. The van der Waals surface area contributed by atoms with Gasteiger partial charge in [-0.2, -0.15) is 5.10 Å². The maximum Gasteiger partial charge on any atom is 0.274 e. The van der Waals surface area contributed by atoms with Crippen LogP contribution in [-0.4, -0.2) is 37.6 Å². The Morgan fingerprint density at radius 3 is 2.92 bits per heavy atom. The molecule has 0 saturated heterocycles. The number of H-pyrrole nitrogens is 1. The fraction of sp³-hybridized carbons (Fsp3) is 0.211. The van der Waals surface area contributed by atoms with Gasteiger partial charge in [0.15, 0.2) is 0 Å². The van der Waals surface area contributed by atoms with Crippen molar-refractivity contribution < 1.29 is 9.21 Å². The van der Waals surface area contributed by atoms with Crippen LogP contribution in [0, 0.1) is 6.92 Å². The summed E-state index contributed by atoms with van der Waals surface area (Å²) in [6.45, 7) is 2.86. The summed E-state index contributed by atoms with van der Waals surface area (Å²) < 4.78 is 7.54. The second kappa shape index (κ2) is 6.51. The zero-order chi connectivity index (χ0) is 18.1. The van der Waals surface area contributed by atoms with Crippen LogP contribution in [0.2, 0.25) is 0 Å². The van der Waals surface area contributed by atoms with Gasteiger partial charge in [-0.3, -0.25) is 9.89 Å². The van der Waals surface area contributed by atoms with Crippen molar-refractivity contribution in [2.24, 2.45) is 0 Å². The molecule has 0 aliphatic carbocycles. The highest BCUT2D eigenvalue weighted by Crippen LogP contribution is 2.15. The standard InChI is InChI=1S/C19H19N5O2/c1-13-7-8-15(26-13)11-23(2)19(25)17-9-14(21-22-17)10-24-12-20-16-5-3-4-6-18(16)24/h3-9,12H,10-11H2,1-2H3,(H,21,22). The average molecular weight is 349 g/mol. The summed E-state index contributed by atoms with van der Waals surface area (Å²) >= 11 is 0. The number of rotatable bonds is 5. The first kappa shape index (κ1) is 16.1. The molecule has 4 aromatic rings. The average Bonchev–Trinajstić information content (AvgIpc) is 3.36. The number of imidazole rings is 1. The normalized spacial score (nSPS) is 11.2. The molecule has 0 atom stereocenters. The molecular formula is C19H19N5O2. The zero-order valence-electron chi connectivity index (χ0n) is 14.6. The Labute approximate surface area is 150 Å². The maximum atomic E-state index is 12.6. The number of benzene rings is 1. The Balaban J connectivity index is 1.47. The number of furan rings is 1. The fourth-order valence-corrected chi connectivity index (χ4v) is 2.94. The second-order valence-corrected chi connectivity index (χ2v) is 6.31. The molecular weight excluding hydrogens is 330 g/mol. The van der Waals surface area contributed by atoms with E-state index in [4.69, 9.17) is 4.42 Å². The molecule has 7 nitrogen and oxygen atoms in total. The van der Waals surface area contributed by atoms with E-state index in [1.165, 1.54) is 0 Å². The van der Waals surface area contributed by atoms with Crippen LogP contribution in [0.4, 0.5) is 0 Å². The molecule has 132 valence electrons. The molecule has 0 unspecified atom stereocenters. The number of hydrogen-bond acceptors (Lipinski definition) is 4. The summed E-state index contributed by atoms with van der Waals surface area (Å²) in [6, 6.07) is 13.5. The number of carbonyl (C=O) groups excluding carboxylic acids is 1. The summed E-state index contributed by atoms with van der Waals surface area (Å²) in [5, 5.41) is 7.11. The Hall–Kier alpha value is -3.35. The van der Waals surface area contributed by atoms with Crippen LogP contribution in [0.15, 0.2) is 53.2 Å². The van der Waals surface area contributed by atoms with Gasteiger partial charge in [0.1, 0.15) is 17.2 Å². The Kier molecular flexibility index (Phi) is 4.04. The predicted molar refractivity (Wildman–Crippen MR) is 96.7 cm³/mol. The molecule has 3 heterocycles. The number of nitrogens with zero attached hydrogens (tertiary/aromatic N) is 4. The first-order valence-electron chi connectivity index (χ1n) is 8.35. The Morgan fingerprint density at radius 2 is 2.12 bits per heavy atom. The van der Waals surface area contributed by atoms with Gasteiger partial charge in [-0.25, -0.2) is 4.98 Å². The van der Waals surface area contributed by atoms with E-state index in [1.807, 2.05) is 47.9 Å². The molecule has 7 heteroatoms. The Morgan fingerprint density at radius 1 is 1.27 bits per heavy atom. The number of hydrogen-bond donors (Lipinski definition) is 1. The van der Waals surface area contributed by atoms with Gasteiger partial charge in [-0.15, -0.1) is 0 Å². The van der Waals surface area contributed by atoms with Crippen molar-refractivity contribution in [3.8, 4) is 0 Å².